The molecule has 0 bridgehead atoms. The fraction of sp³-hybridized carbons (Fsp3) is 0.520. The first-order valence-electron chi connectivity index (χ1n) is 12.8. The average molecular weight is 598 g/mol. The summed E-state index contributed by atoms with van der Waals surface area (Å²) in [5.74, 6) is -4.47. The number of hydrogen-bond acceptors (Lipinski definition) is 9. The molecule has 228 valence electrons. The first-order chi connectivity index (χ1) is 19.3. The van der Waals surface area contributed by atoms with Crippen LogP contribution in [0.25, 0.3) is 0 Å². The van der Waals surface area contributed by atoms with E-state index in [9.17, 15) is 34.2 Å². The Hall–Kier alpha value is -4.05. The predicted octanol–water partition coefficient (Wildman–Crippen LogP) is -1.53. The van der Waals surface area contributed by atoms with Crippen LogP contribution in [0.2, 0.25) is 0 Å². The van der Waals surface area contributed by atoms with E-state index >= 15 is 0 Å². The van der Waals surface area contributed by atoms with Gasteiger partial charge in [0.15, 0.2) is 5.96 Å². The summed E-state index contributed by atoms with van der Waals surface area (Å²) < 4.78 is 0. The molecule has 0 spiro atoms. The number of amides is 3. The Kier molecular flexibility index (Phi) is 15.6. The van der Waals surface area contributed by atoms with Crippen LogP contribution in [0.1, 0.15) is 37.7 Å². The number of carboxylic acid groups (broad SMARTS) is 2. The van der Waals surface area contributed by atoms with E-state index in [0.717, 1.165) is 0 Å². The van der Waals surface area contributed by atoms with E-state index in [1.54, 1.807) is 6.26 Å². The Morgan fingerprint density at radius 1 is 0.878 bits per heavy atom. The van der Waals surface area contributed by atoms with Gasteiger partial charge >= 0.3 is 11.9 Å². The van der Waals surface area contributed by atoms with Crippen molar-refractivity contribution in [3.8, 4) is 5.75 Å². The van der Waals surface area contributed by atoms with Crippen molar-refractivity contribution in [2.75, 3.05) is 18.6 Å². The SMILES string of the molecule is CSCCC(NC(=O)C(CCC(=O)O)NC(=O)C(N)CCCN=C(N)N)C(=O)NC(Cc1ccc(O)cc1)C(=O)O. The molecule has 0 aliphatic rings. The quantitative estimate of drug-likeness (QED) is 0.0499. The van der Waals surface area contributed by atoms with E-state index in [-0.39, 0.29) is 43.9 Å². The summed E-state index contributed by atoms with van der Waals surface area (Å²) in [6, 6.07) is 0.958. The van der Waals surface area contributed by atoms with E-state index in [1.807, 2.05) is 0 Å². The van der Waals surface area contributed by atoms with Crippen molar-refractivity contribution >= 4 is 47.4 Å². The zero-order valence-corrected chi connectivity index (χ0v) is 23.6. The molecule has 0 heterocycles. The molecular weight excluding hydrogens is 558 g/mol. The van der Waals surface area contributed by atoms with Gasteiger partial charge in [-0.2, -0.15) is 11.8 Å². The molecule has 12 N–H and O–H groups in total. The third kappa shape index (κ3) is 14.2. The standard InChI is InChI=1S/C25H39N7O8S/c1-41-12-10-18(23(38)32-19(24(39)40)13-14-4-6-15(33)7-5-14)31-22(37)17(8-9-20(34)35)30-21(36)16(26)3-2-11-29-25(27)28/h4-7,16-19,33H,2-3,8-13,26H2,1H3,(H,30,36)(H,31,37)(H,32,38)(H,34,35)(H,39,40)(H4,27,28,29). The van der Waals surface area contributed by atoms with Gasteiger partial charge in [0.25, 0.3) is 0 Å². The topological polar surface area (TPSA) is 273 Å². The molecule has 0 saturated heterocycles. The number of carbonyl (C=O) groups excluding carboxylic acids is 3. The van der Waals surface area contributed by atoms with Crippen molar-refractivity contribution in [1.29, 1.82) is 0 Å². The Bertz CT molecular complexity index is 1070. The molecule has 1 rings (SSSR count). The largest absolute Gasteiger partial charge is 0.508 e. The van der Waals surface area contributed by atoms with Crippen molar-refractivity contribution < 1.29 is 39.3 Å². The molecule has 0 radical (unpaired) electrons. The maximum absolute atomic E-state index is 13.1. The van der Waals surface area contributed by atoms with Gasteiger partial charge in [0.05, 0.1) is 6.04 Å². The number of rotatable bonds is 19. The second-order valence-electron chi connectivity index (χ2n) is 9.16. The number of phenols is 1. The van der Waals surface area contributed by atoms with Crippen molar-refractivity contribution in [2.45, 2.75) is 62.7 Å². The fourth-order valence-corrected chi connectivity index (χ4v) is 4.05. The number of nitrogens with zero attached hydrogens (tertiary/aromatic N) is 1. The maximum Gasteiger partial charge on any atom is 0.326 e. The van der Waals surface area contributed by atoms with E-state index in [0.29, 0.717) is 17.7 Å². The highest BCUT2D eigenvalue weighted by molar-refractivity contribution is 7.98. The predicted molar refractivity (Wildman–Crippen MR) is 153 cm³/mol. The summed E-state index contributed by atoms with van der Waals surface area (Å²) >= 11 is 1.39. The average Bonchev–Trinajstić information content (AvgIpc) is 2.91. The minimum absolute atomic E-state index is 0.000875. The number of carbonyl (C=O) groups is 5. The molecule has 41 heavy (non-hydrogen) atoms. The summed E-state index contributed by atoms with van der Waals surface area (Å²) in [4.78, 5) is 65.7. The van der Waals surface area contributed by atoms with Crippen LogP contribution < -0.4 is 33.2 Å². The van der Waals surface area contributed by atoms with Gasteiger partial charge in [0.2, 0.25) is 17.7 Å². The number of phenolic OH excluding ortho intramolecular Hbond substituents is 1. The molecule has 15 nitrogen and oxygen atoms in total. The zero-order valence-electron chi connectivity index (χ0n) is 22.7. The summed E-state index contributed by atoms with van der Waals surface area (Å²) in [5, 5.41) is 35.6. The third-order valence-corrected chi connectivity index (χ3v) is 6.46. The molecule has 0 aliphatic carbocycles. The smallest absolute Gasteiger partial charge is 0.326 e. The van der Waals surface area contributed by atoms with Crippen LogP contribution in [-0.2, 0) is 30.4 Å². The molecule has 16 heteroatoms. The van der Waals surface area contributed by atoms with Crippen LogP contribution in [-0.4, -0.2) is 93.7 Å². The van der Waals surface area contributed by atoms with Gasteiger partial charge < -0.3 is 48.5 Å². The molecule has 1 aromatic carbocycles. The lowest BCUT2D eigenvalue weighted by atomic mass is 10.0. The first-order valence-corrected chi connectivity index (χ1v) is 14.2. The summed E-state index contributed by atoms with van der Waals surface area (Å²) in [6.45, 7) is 0.239. The number of nitrogens with one attached hydrogen (secondary N) is 3. The normalized spacial score (nSPS) is 13.6. The second kappa shape index (κ2) is 18.3. The summed E-state index contributed by atoms with van der Waals surface area (Å²) in [7, 11) is 0. The first kappa shape index (κ1) is 35.0. The Balaban J connectivity index is 2.97. The Morgan fingerprint density at radius 3 is 1.98 bits per heavy atom. The lowest BCUT2D eigenvalue weighted by Gasteiger charge is -2.25. The van der Waals surface area contributed by atoms with Crippen LogP contribution in [0.4, 0.5) is 0 Å². The third-order valence-electron chi connectivity index (χ3n) is 5.82. The van der Waals surface area contributed by atoms with Crippen molar-refractivity contribution in [3.05, 3.63) is 29.8 Å². The van der Waals surface area contributed by atoms with Crippen molar-refractivity contribution in [2.24, 2.45) is 22.2 Å². The molecule has 0 aliphatic heterocycles. The number of aromatic hydroxyl groups is 1. The number of nitrogens with two attached hydrogens (primary N) is 3. The van der Waals surface area contributed by atoms with Crippen LogP contribution in [0.5, 0.6) is 5.75 Å². The molecule has 4 unspecified atom stereocenters. The van der Waals surface area contributed by atoms with E-state index in [2.05, 4.69) is 20.9 Å². The number of thioether (sulfide) groups is 1. The highest BCUT2D eigenvalue weighted by Crippen LogP contribution is 2.12. The van der Waals surface area contributed by atoms with E-state index < -0.39 is 60.2 Å². The van der Waals surface area contributed by atoms with Gasteiger partial charge in [0, 0.05) is 19.4 Å². The molecular formula is C25H39N7O8S. The highest BCUT2D eigenvalue weighted by atomic mass is 32.2. The number of guanidine groups is 1. The van der Waals surface area contributed by atoms with Crippen LogP contribution in [0, 0.1) is 0 Å². The zero-order chi connectivity index (χ0) is 30.9. The Morgan fingerprint density at radius 2 is 1.44 bits per heavy atom. The second-order valence-corrected chi connectivity index (χ2v) is 10.1. The minimum Gasteiger partial charge on any atom is -0.508 e. The highest BCUT2D eigenvalue weighted by Gasteiger charge is 2.30. The lowest BCUT2D eigenvalue weighted by Crippen LogP contribution is -2.57. The molecule has 0 aromatic heterocycles. The van der Waals surface area contributed by atoms with Gasteiger partial charge in [-0.05, 0) is 55.4 Å². The summed E-state index contributed by atoms with van der Waals surface area (Å²) in [5.41, 5.74) is 17.0. The molecule has 1 aromatic rings. The maximum atomic E-state index is 13.1. The van der Waals surface area contributed by atoms with E-state index in [4.69, 9.17) is 22.3 Å². The van der Waals surface area contributed by atoms with Gasteiger partial charge in [-0.1, -0.05) is 12.1 Å². The monoisotopic (exact) mass is 597 g/mol. The van der Waals surface area contributed by atoms with Crippen LogP contribution in [0.15, 0.2) is 29.3 Å². The number of benzene rings is 1. The Labute approximate surface area is 241 Å². The number of aliphatic carboxylic acids is 2. The van der Waals surface area contributed by atoms with E-state index in [1.165, 1.54) is 36.0 Å². The number of aliphatic imine (C=N–C) groups is 1. The van der Waals surface area contributed by atoms with Crippen molar-refractivity contribution in [3.63, 3.8) is 0 Å². The number of carboxylic acids is 2. The number of hydrogen-bond donors (Lipinski definition) is 9. The molecule has 4 atom stereocenters. The molecule has 0 fully saturated rings. The summed E-state index contributed by atoms with van der Waals surface area (Å²) in [6.07, 6.45) is 1.68. The minimum atomic E-state index is -1.33. The lowest BCUT2D eigenvalue weighted by molar-refractivity contribution is -0.142. The van der Waals surface area contributed by atoms with Crippen LogP contribution in [0.3, 0.4) is 0 Å². The van der Waals surface area contributed by atoms with Crippen molar-refractivity contribution in [1.82, 2.24) is 16.0 Å². The van der Waals surface area contributed by atoms with Gasteiger partial charge in [-0.25, -0.2) is 4.79 Å². The molecule has 3 amide bonds. The fourth-order valence-electron chi connectivity index (χ4n) is 3.58. The van der Waals surface area contributed by atoms with Gasteiger partial charge in [-0.3, -0.25) is 24.2 Å². The van der Waals surface area contributed by atoms with Gasteiger partial charge in [0.1, 0.15) is 23.9 Å². The van der Waals surface area contributed by atoms with Crippen LogP contribution >= 0.6 is 11.8 Å². The molecule has 0 saturated carbocycles. The van der Waals surface area contributed by atoms with Gasteiger partial charge in [-0.15, -0.1) is 0 Å².